The Kier molecular flexibility index (Phi) is 7.17. The van der Waals surface area contributed by atoms with Gasteiger partial charge in [0.1, 0.15) is 11.6 Å². The Bertz CT molecular complexity index is 1130. The highest BCUT2D eigenvalue weighted by Gasteiger charge is 2.42. The van der Waals surface area contributed by atoms with E-state index in [-0.39, 0.29) is 18.4 Å². The summed E-state index contributed by atoms with van der Waals surface area (Å²) in [6.07, 6.45) is 5.61. The SMILES string of the molecule is Cc1nnc(C(C)C)n1C1C[C@H]2CC[C@@H](C1)N2CC[C@H](NC(=O)Cc1nn[nH]n1)c1ccc(Cl)s1. The fraction of sp³-hybridized carbons (Fsp3) is 0.652. The van der Waals surface area contributed by atoms with E-state index in [1.165, 1.54) is 24.2 Å². The third kappa shape index (κ3) is 5.26. The van der Waals surface area contributed by atoms with Gasteiger partial charge in [-0.3, -0.25) is 9.69 Å². The minimum Gasteiger partial charge on any atom is -0.348 e. The highest BCUT2D eigenvalue weighted by molar-refractivity contribution is 7.16. The second kappa shape index (κ2) is 10.3. The lowest BCUT2D eigenvalue weighted by atomic mass is 9.95. The molecule has 2 saturated heterocycles. The van der Waals surface area contributed by atoms with E-state index in [0.29, 0.717) is 29.9 Å². The summed E-state index contributed by atoms with van der Waals surface area (Å²) in [4.78, 5) is 16.4. The van der Waals surface area contributed by atoms with Crippen molar-refractivity contribution in [3.05, 3.63) is 38.8 Å². The van der Waals surface area contributed by atoms with Crippen LogP contribution in [0, 0.1) is 6.92 Å². The first-order chi connectivity index (χ1) is 16.9. The number of aromatic amines is 1. The van der Waals surface area contributed by atoms with Crippen LogP contribution in [0.2, 0.25) is 4.34 Å². The molecule has 3 aromatic heterocycles. The zero-order valence-corrected chi connectivity index (χ0v) is 21.9. The summed E-state index contributed by atoms with van der Waals surface area (Å²) in [5.41, 5.74) is 0. The van der Waals surface area contributed by atoms with Crippen LogP contribution in [-0.2, 0) is 11.2 Å². The number of halogens is 1. The smallest absolute Gasteiger partial charge is 0.228 e. The van der Waals surface area contributed by atoms with Crippen LogP contribution in [0.3, 0.4) is 0 Å². The maximum atomic E-state index is 12.7. The predicted molar refractivity (Wildman–Crippen MR) is 133 cm³/mol. The number of nitrogens with one attached hydrogen (secondary N) is 2. The van der Waals surface area contributed by atoms with Gasteiger partial charge in [-0.05, 0) is 51.2 Å². The zero-order valence-electron chi connectivity index (χ0n) is 20.3. The molecule has 188 valence electrons. The van der Waals surface area contributed by atoms with E-state index in [1.807, 2.05) is 12.1 Å². The van der Waals surface area contributed by atoms with Gasteiger partial charge >= 0.3 is 0 Å². The van der Waals surface area contributed by atoms with Crippen LogP contribution in [0.5, 0.6) is 0 Å². The molecule has 5 heterocycles. The quantitative estimate of drug-likeness (QED) is 0.445. The first-order valence-corrected chi connectivity index (χ1v) is 13.5. The Morgan fingerprint density at radius 2 is 1.97 bits per heavy atom. The number of thiophene rings is 1. The Balaban J connectivity index is 1.25. The minimum atomic E-state index is -0.119. The molecule has 1 unspecified atom stereocenters. The second-order valence-electron chi connectivity index (χ2n) is 9.93. The van der Waals surface area contributed by atoms with Gasteiger partial charge in [-0.15, -0.1) is 31.7 Å². The summed E-state index contributed by atoms with van der Waals surface area (Å²) in [6, 6.07) is 5.35. The third-order valence-electron chi connectivity index (χ3n) is 7.29. The van der Waals surface area contributed by atoms with Crippen LogP contribution in [0.1, 0.15) is 86.3 Å². The Hall–Kier alpha value is -2.37. The minimum absolute atomic E-state index is 0.0965. The van der Waals surface area contributed by atoms with Crippen molar-refractivity contribution in [2.75, 3.05) is 6.54 Å². The van der Waals surface area contributed by atoms with E-state index in [2.05, 4.69) is 66.4 Å². The molecule has 4 atom stereocenters. The number of aryl methyl sites for hydroxylation is 1. The number of hydrogen-bond donors (Lipinski definition) is 2. The van der Waals surface area contributed by atoms with E-state index < -0.39 is 0 Å². The summed E-state index contributed by atoms with van der Waals surface area (Å²) in [6.45, 7) is 7.38. The molecule has 1 amide bonds. The van der Waals surface area contributed by atoms with Crippen molar-refractivity contribution < 1.29 is 4.79 Å². The molecule has 0 saturated carbocycles. The maximum Gasteiger partial charge on any atom is 0.228 e. The summed E-state index contributed by atoms with van der Waals surface area (Å²) in [7, 11) is 0. The average Bonchev–Trinajstić information content (AvgIpc) is 3.60. The van der Waals surface area contributed by atoms with Crippen LogP contribution >= 0.6 is 22.9 Å². The first-order valence-electron chi connectivity index (χ1n) is 12.3. The van der Waals surface area contributed by atoms with Crippen molar-refractivity contribution in [3.8, 4) is 0 Å². The van der Waals surface area contributed by atoms with Crippen LogP contribution < -0.4 is 5.32 Å². The number of H-pyrrole nitrogens is 1. The normalized spacial score (nSPS) is 23.2. The molecular formula is C23H32ClN9OS. The third-order valence-corrected chi connectivity index (χ3v) is 8.63. The molecule has 2 bridgehead atoms. The highest BCUT2D eigenvalue weighted by atomic mass is 35.5. The topological polar surface area (TPSA) is 118 Å². The van der Waals surface area contributed by atoms with Crippen LogP contribution in [0.25, 0.3) is 0 Å². The molecule has 5 rings (SSSR count). The molecule has 3 aromatic rings. The lowest BCUT2D eigenvalue weighted by Crippen LogP contribution is -2.45. The number of nitrogens with zero attached hydrogens (tertiary/aromatic N) is 7. The number of fused-ring (bicyclic) bond motifs is 2. The zero-order chi connectivity index (χ0) is 24.5. The number of amides is 1. The summed E-state index contributed by atoms with van der Waals surface area (Å²) in [5.74, 6) is 2.74. The fourth-order valence-corrected chi connectivity index (χ4v) is 6.92. The number of carbonyl (C=O) groups excluding carboxylic acids is 1. The molecule has 0 aliphatic carbocycles. The first kappa shape index (κ1) is 24.3. The molecule has 35 heavy (non-hydrogen) atoms. The Labute approximate surface area is 213 Å². The molecule has 10 nitrogen and oxygen atoms in total. The molecule has 2 aliphatic heterocycles. The van der Waals surface area contributed by atoms with Gasteiger partial charge in [-0.25, -0.2) is 0 Å². The van der Waals surface area contributed by atoms with Gasteiger partial charge in [-0.2, -0.15) is 5.21 Å². The number of tetrazole rings is 1. The second-order valence-corrected chi connectivity index (χ2v) is 11.7. The van der Waals surface area contributed by atoms with Crippen LogP contribution in [0.15, 0.2) is 12.1 Å². The fourth-order valence-electron chi connectivity index (χ4n) is 5.78. The largest absolute Gasteiger partial charge is 0.348 e. The standard InChI is InChI=1S/C23H32ClN9OS/c1-13(2)23-29-26-14(3)33(23)17-10-15-4-5-16(11-17)32(15)9-8-18(19-6-7-20(24)35-19)25-22(34)12-21-27-30-31-28-21/h6-7,13,15-18H,4-5,8-12H2,1-3H3,(H,25,34)(H,27,28,30,31)/t15-,16+,17?,18-/m0/s1. The van der Waals surface area contributed by atoms with Crippen molar-refractivity contribution in [3.63, 3.8) is 0 Å². The van der Waals surface area contributed by atoms with Crippen molar-refractivity contribution >= 4 is 28.8 Å². The van der Waals surface area contributed by atoms with Gasteiger partial charge < -0.3 is 9.88 Å². The van der Waals surface area contributed by atoms with E-state index in [4.69, 9.17) is 11.6 Å². The monoisotopic (exact) mass is 517 g/mol. The highest BCUT2D eigenvalue weighted by Crippen LogP contribution is 2.42. The van der Waals surface area contributed by atoms with Gasteiger partial charge in [0.25, 0.3) is 0 Å². The molecule has 2 fully saturated rings. The number of carbonyl (C=O) groups is 1. The number of rotatable bonds is 9. The number of piperidine rings is 1. The average molecular weight is 518 g/mol. The van der Waals surface area contributed by atoms with Crippen LogP contribution in [-0.4, -0.2) is 64.8 Å². The van der Waals surface area contributed by atoms with Gasteiger partial charge in [0.15, 0.2) is 5.82 Å². The molecular weight excluding hydrogens is 486 g/mol. The van der Waals surface area contributed by atoms with Gasteiger partial charge in [0.05, 0.1) is 16.8 Å². The molecule has 0 radical (unpaired) electrons. The maximum absolute atomic E-state index is 12.7. The number of aromatic nitrogens is 7. The molecule has 0 aromatic carbocycles. The van der Waals surface area contributed by atoms with Crippen molar-refractivity contribution in [1.82, 2.24) is 45.6 Å². The summed E-state index contributed by atoms with van der Waals surface area (Å²) < 4.78 is 3.12. The van der Waals surface area contributed by atoms with E-state index in [1.54, 1.807) is 0 Å². The Morgan fingerprint density at radius 3 is 2.60 bits per heavy atom. The molecule has 2 N–H and O–H groups in total. The molecule has 12 heteroatoms. The van der Waals surface area contributed by atoms with E-state index >= 15 is 0 Å². The summed E-state index contributed by atoms with van der Waals surface area (Å²) in [5, 5.41) is 25.7. The Morgan fingerprint density at radius 1 is 1.20 bits per heavy atom. The summed E-state index contributed by atoms with van der Waals surface area (Å²) >= 11 is 7.74. The lowest BCUT2D eigenvalue weighted by molar-refractivity contribution is -0.121. The number of hydrogen-bond acceptors (Lipinski definition) is 8. The van der Waals surface area contributed by atoms with Crippen LogP contribution in [0.4, 0.5) is 0 Å². The predicted octanol–water partition coefficient (Wildman–Crippen LogP) is 3.60. The van der Waals surface area contributed by atoms with E-state index in [9.17, 15) is 4.79 Å². The van der Waals surface area contributed by atoms with Gasteiger partial charge in [-0.1, -0.05) is 30.7 Å². The van der Waals surface area contributed by atoms with Gasteiger partial charge in [0, 0.05) is 35.5 Å². The van der Waals surface area contributed by atoms with Crippen molar-refractivity contribution in [1.29, 1.82) is 0 Å². The molecule has 0 spiro atoms. The van der Waals surface area contributed by atoms with Gasteiger partial charge in [0.2, 0.25) is 5.91 Å². The van der Waals surface area contributed by atoms with Crippen molar-refractivity contribution in [2.24, 2.45) is 0 Å². The lowest BCUT2D eigenvalue weighted by Gasteiger charge is -2.40. The van der Waals surface area contributed by atoms with E-state index in [0.717, 1.165) is 46.7 Å². The van der Waals surface area contributed by atoms with Crippen molar-refractivity contribution in [2.45, 2.75) is 89.4 Å². The molecule has 2 aliphatic rings.